The van der Waals surface area contributed by atoms with E-state index in [1.165, 1.54) is 6.08 Å². The molecule has 0 radical (unpaired) electrons. The lowest BCUT2D eigenvalue weighted by Crippen LogP contribution is -2.34. The zero-order valence-corrected chi connectivity index (χ0v) is 23.9. The van der Waals surface area contributed by atoms with E-state index >= 15 is 0 Å². The summed E-state index contributed by atoms with van der Waals surface area (Å²) < 4.78 is 11.6. The number of cyclic esters (lactones) is 1. The highest BCUT2D eigenvalue weighted by molar-refractivity contribution is 5.85. The molecule has 204 valence electrons. The lowest BCUT2D eigenvalue weighted by atomic mass is 9.83. The Morgan fingerprint density at radius 1 is 1.14 bits per heavy atom. The van der Waals surface area contributed by atoms with Crippen LogP contribution in [-0.2, 0) is 23.9 Å². The third-order valence-corrected chi connectivity index (χ3v) is 7.44. The summed E-state index contributed by atoms with van der Waals surface area (Å²) in [6.45, 7) is 16.2. The highest BCUT2D eigenvalue weighted by atomic mass is 16.5. The van der Waals surface area contributed by atoms with Crippen molar-refractivity contribution in [1.82, 2.24) is 0 Å². The van der Waals surface area contributed by atoms with Crippen LogP contribution in [0.2, 0.25) is 0 Å². The van der Waals surface area contributed by atoms with Gasteiger partial charge in [-0.15, -0.1) is 0 Å². The van der Waals surface area contributed by atoms with Crippen LogP contribution < -0.4 is 0 Å². The first-order valence-electron chi connectivity index (χ1n) is 13.6. The van der Waals surface area contributed by atoms with Crippen molar-refractivity contribution >= 4 is 18.0 Å². The van der Waals surface area contributed by atoms with Gasteiger partial charge >= 0.3 is 5.97 Å². The monoisotopic (exact) mass is 510 g/mol. The lowest BCUT2D eigenvalue weighted by Gasteiger charge is -2.26. The van der Waals surface area contributed by atoms with Crippen molar-refractivity contribution in [2.45, 2.75) is 92.5 Å². The van der Waals surface area contributed by atoms with Gasteiger partial charge < -0.3 is 14.3 Å². The molecule has 0 saturated carbocycles. The first kappa shape index (κ1) is 30.7. The average Bonchev–Trinajstić information content (AvgIpc) is 3.12. The van der Waals surface area contributed by atoms with E-state index in [0.29, 0.717) is 12.3 Å². The lowest BCUT2D eigenvalue weighted by molar-refractivity contribution is -0.143. The highest BCUT2D eigenvalue weighted by Crippen LogP contribution is 2.40. The average molecular weight is 511 g/mol. The minimum Gasteiger partial charge on any atom is -0.454 e. The molecule has 0 aromatic carbocycles. The van der Waals surface area contributed by atoms with Gasteiger partial charge in [0.05, 0.1) is 11.7 Å². The Morgan fingerprint density at radius 3 is 2.49 bits per heavy atom. The molecule has 0 aromatic rings. The van der Waals surface area contributed by atoms with Crippen LogP contribution in [0, 0.1) is 29.6 Å². The summed E-state index contributed by atoms with van der Waals surface area (Å²) in [4.78, 5) is 35.6. The number of hydrogen-bond donors (Lipinski definition) is 0. The van der Waals surface area contributed by atoms with Gasteiger partial charge in [0, 0.05) is 30.3 Å². The Labute approximate surface area is 223 Å². The predicted octanol–water partition coefficient (Wildman–Crippen LogP) is 6.75. The van der Waals surface area contributed by atoms with Gasteiger partial charge in [0.2, 0.25) is 0 Å². The van der Waals surface area contributed by atoms with Crippen LogP contribution in [0.4, 0.5) is 0 Å². The van der Waals surface area contributed by atoms with Crippen molar-refractivity contribution < 1.29 is 23.9 Å². The van der Waals surface area contributed by atoms with E-state index in [1.54, 1.807) is 0 Å². The number of rotatable bonds is 12. The molecule has 2 heterocycles. The van der Waals surface area contributed by atoms with Gasteiger partial charge in [-0.3, -0.25) is 4.79 Å². The molecular weight excluding hydrogens is 464 g/mol. The number of esters is 1. The number of Topliss-reactive ketones (excluding diaryl/α,β-unsaturated/α-hetero) is 1. The minimum atomic E-state index is -0.462. The van der Waals surface area contributed by atoms with Gasteiger partial charge in [-0.2, -0.15) is 0 Å². The summed E-state index contributed by atoms with van der Waals surface area (Å²) in [5.41, 5.74) is 1.73. The van der Waals surface area contributed by atoms with E-state index in [0.717, 1.165) is 30.3 Å². The molecule has 5 heteroatoms. The number of carbonyl (C=O) groups excluding carboxylic acids is 3. The molecule has 0 amide bonds. The van der Waals surface area contributed by atoms with Crippen molar-refractivity contribution in [1.29, 1.82) is 0 Å². The van der Waals surface area contributed by atoms with Gasteiger partial charge in [0.25, 0.3) is 0 Å². The molecule has 2 aliphatic heterocycles. The molecule has 0 unspecified atom stereocenters. The van der Waals surface area contributed by atoms with Crippen LogP contribution >= 0.6 is 0 Å². The van der Waals surface area contributed by atoms with Crippen molar-refractivity contribution in [2.24, 2.45) is 29.6 Å². The summed E-state index contributed by atoms with van der Waals surface area (Å²) in [6, 6.07) is 0. The second kappa shape index (κ2) is 13.9. The normalized spacial score (nSPS) is 31.5. The first-order chi connectivity index (χ1) is 17.3. The Morgan fingerprint density at radius 2 is 1.81 bits per heavy atom. The number of aldehydes is 1. The van der Waals surface area contributed by atoms with Crippen LogP contribution in [0.1, 0.15) is 74.7 Å². The molecule has 2 aliphatic rings. The van der Waals surface area contributed by atoms with E-state index < -0.39 is 5.60 Å². The quantitative estimate of drug-likeness (QED) is 0.165. The molecular formula is C32H46O5. The van der Waals surface area contributed by atoms with Crippen LogP contribution in [0.25, 0.3) is 0 Å². The van der Waals surface area contributed by atoms with Gasteiger partial charge in [0.1, 0.15) is 18.2 Å². The molecule has 37 heavy (non-hydrogen) atoms. The zero-order valence-electron chi connectivity index (χ0n) is 23.9. The van der Waals surface area contributed by atoms with Crippen molar-refractivity contribution in [3.05, 3.63) is 59.8 Å². The second-order valence-electron chi connectivity index (χ2n) is 11.5. The van der Waals surface area contributed by atoms with Crippen LogP contribution in [0.3, 0.4) is 0 Å². The fourth-order valence-corrected chi connectivity index (χ4v) is 5.42. The number of hydrogen-bond acceptors (Lipinski definition) is 5. The van der Waals surface area contributed by atoms with Crippen LogP contribution in [0.5, 0.6) is 0 Å². The largest absolute Gasteiger partial charge is 0.454 e. The van der Waals surface area contributed by atoms with Gasteiger partial charge in [-0.1, -0.05) is 82.2 Å². The van der Waals surface area contributed by atoms with E-state index in [4.69, 9.17) is 9.47 Å². The van der Waals surface area contributed by atoms with Crippen LogP contribution in [-0.4, -0.2) is 35.8 Å². The molecule has 5 nitrogen and oxygen atoms in total. The number of carbonyl (C=O) groups is 3. The molecule has 1 fully saturated rings. The molecule has 0 aromatic heterocycles. The second-order valence-corrected chi connectivity index (χ2v) is 11.5. The molecule has 0 bridgehead atoms. The third kappa shape index (κ3) is 9.37. The van der Waals surface area contributed by atoms with E-state index in [-0.39, 0.29) is 47.6 Å². The Kier molecular flexibility index (Phi) is 11.5. The molecule has 8 atom stereocenters. The maximum atomic E-state index is 13.1. The minimum absolute atomic E-state index is 0.154. The molecule has 0 spiro atoms. The molecule has 1 saturated heterocycles. The van der Waals surface area contributed by atoms with Crippen LogP contribution in [0.15, 0.2) is 59.8 Å². The first-order valence-corrected chi connectivity index (χ1v) is 13.6. The predicted molar refractivity (Wildman–Crippen MR) is 149 cm³/mol. The molecule has 0 aliphatic carbocycles. The van der Waals surface area contributed by atoms with Gasteiger partial charge in [0.15, 0.2) is 0 Å². The Bertz CT molecular complexity index is 968. The SMILES string of the molecule is CC(=C/[C@H](C)C/C=C/C(C)=C/[C@@H](C)C(=O)[C@@H](C)[C@H]1O[C@](C)(CC=O)C[C@@H]1C)/C=C/[C@@H]1OC(=O)C=C[C@H]1C. The van der Waals surface area contributed by atoms with E-state index in [1.807, 2.05) is 58.9 Å². The van der Waals surface area contributed by atoms with Crippen molar-refractivity contribution in [2.75, 3.05) is 0 Å². The van der Waals surface area contributed by atoms with Gasteiger partial charge in [-0.25, -0.2) is 4.79 Å². The van der Waals surface area contributed by atoms with E-state index in [2.05, 4.69) is 39.0 Å². The third-order valence-electron chi connectivity index (χ3n) is 7.44. The maximum Gasteiger partial charge on any atom is 0.331 e. The summed E-state index contributed by atoms with van der Waals surface area (Å²) in [6.07, 6.45) is 18.4. The summed E-state index contributed by atoms with van der Waals surface area (Å²) in [5, 5.41) is 0. The fraction of sp³-hybridized carbons (Fsp3) is 0.594. The van der Waals surface area contributed by atoms with Crippen molar-refractivity contribution in [3.63, 3.8) is 0 Å². The smallest absolute Gasteiger partial charge is 0.331 e. The summed E-state index contributed by atoms with van der Waals surface area (Å²) >= 11 is 0. The molecule has 2 rings (SSSR count). The summed E-state index contributed by atoms with van der Waals surface area (Å²) in [5.74, 6) is 0.222. The summed E-state index contributed by atoms with van der Waals surface area (Å²) in [7, 11) is 0. The fourth-order valence-electron chi connectivity index (χ4n) is 5.42. The number of ketones is 1. The Balaban J connectivity index is 1.88. The molecule has 0 N–H and O–H groups in total. The number of allylic oxidation sites excluding steroid dienone is 7. The number of ether oxygens (including phenoxy) is 2. The van der Waals surface area contributed by atoms with E-state index in [9.17, 15) is 14.4 Å². The Hall–Kier alpha value is -2.53. The maximum absolute atomic E-state index is 13.1. The zero-order chi connectivity index (χ0) is 27.8. The highest BCUT2D eigenvalue weighted by Gasteiger charge is 2.45. The van der Waals surface area contributed by atoms with Crippen molar-refractivity contribution in [3.8, 4) is 0 Å². The van der Waals surface area contributed by atoms with Gasteiger partial charge in [-0.05, 0) is 51.5 Å². The topological polar surface area (TPSA) is 69.7 Å². The standard InChI is InChI=1S/C32H46O5/c1-21(18-23(3)12-14-28-24(4)13-15-29(34)36-28)10-9-11-22(2)19-25(5)30(35)27(7)31-26(6)20-32(8,37-31)16-17-33/h9,11-15,17-19,21,24-28,31H,10,16,20H2,1-8H3/b11-9+,14-12+,22-19+,23-18-/t21-,24-,25-,26+,27-,28+,31+,32-/m1/s1.